The van der Waals surface area contributed by atoms with Crippen LogP contribution in [-0.4, -0.2) is 0 Å². The monoisotopic (exact) mass is 297 g/mol. The van der Waals surface area contributed by atoms with Gasteiger partial charge in [-0.2, -0.15) is 5.26 Å². The third-order valence-corrected chi connectivity index (χ3v) is 5.86. The summed E-state index contributed by atoms with van der Waals surface area (Å²) in [5, 5.41) is 9.34. The minimum Gasteiger partial charge on any atom is -0.192 e. The molecule has 1 nitrogen and oxygen atoms in total. The third kappa shape index (κ3) is 3.37. The minimum absolute atomic E-state index is 0.279. The number of hydrogen-bond donors (Lipinski definition) is 0. The maximum atomic E-state index is 9.34. The molecule has 0 aliphatic heterocycles. The summed E-state index contributed by atoms with van der Waals surface area (Å²) in [6.07, 6.45) is 11.7. The molecule has 0 N–H and O–H groups in total. The zero-order chi connectivity index (χ0) is 16.0. The Morgan fingerprint density at radius 2 is 1.95 bits per heavy atom. The summed E-state index contributed by atoms with van der Waals surface area (Å²) in [6, 6.07) is 8.73. The van der Waals surface area contributed by atoms with E-state index in [2.05, 4.69) is 39.0 Å². The van der Waals surface area contributed by atoms with E-state index in [4.69, 9.17) is 0 Å². The first-order chi connectivity index (χ1) is 10.7. The van der Waals surface area contributed by atoms with Crippen molar-refractivity contribution in [3.8, 4) is 6.07 Å². The van der Waals surface area contributed by atoms with E-state index in [9.17, 15) is 5.26 Å². The fraction of sp³-hybridized carbons (Fsp3) is 0.667. The molecular weight excluding hydrogens is 266 g/mol. The van der Waals surface area contributed by atoms with Crippen LogP contribution in [0, 0.1) is 17.2 Å². The number of hydrogen-bond acceptors (Lipinski definition) is 1. The highest BCUT2D eigenvalue weighted by Gasteiger charge is 2.40. The Labute approximate surface area is 136 Å². The van der Waals surface area contributed by atoms with E-state index in [0.717, 1.165) is 17.9 Å². The van der Waals surface area contributed by atoms with E-state index < -0.39 is 0 Å². The van der Waals surface area contributed by atoms with E-state index in [1.165, 1.54) is 62.5 Å². The third-order valence-electron chi connectivity index (χ3n) is 5.86. The molecule has 22 heavy (non-hydrogen) atoms. The Morgan fingerprint density at radius 3 is 2.64 bits per heavy atom. The van der Waals surface area contributed by atoms with Crippen LogP contribution in [0.15, 0.2) is 18.2 Å². The van der Waals surface area contributed by atoms with Crippen molar-refractivity contribution in [1.29, 1.82) is 5.26 Å². The molecule has 0 heterocycles. The van der Waals surface area contributed by atoms with Gasteiger partial charge in [0.05, 0.1) is 11.6 Å². The second-order valence-electron chi connectivity index (χ2n) is 7.17. The molecule has 0 spiro atoms. The molecule has 0 aromatic heterocycles. The van der Waals surface area contributed by atoms with Gasteiger partial charge in [-0.3, -0.25) is 0 Å². The summed E-state index contributed by atoms with van der Waals surface area (Å²) < 4.78 is 0. The van der Waals surface area contributed by atoms with Crippen LogP contribution in [-0.2, 0) is 11.8 Å². The zero-order valence-electron chi connectivity index (χ0n) is 14.6. The normalized spacial score (nSPS) is 21.4. The quantitative estimate of drug-likeness (QED) is 0.528. The van der Waals surface area contributed by atoms with E-state index >= 15 is 0 Å². The molecule has 1 aliphatic carbocycles. The molecule has 0 bridgehead atoms. The highest BCUT2D eigenvalue weighted by molar-refractivity contribution is 5.49. The van der Waals surface area contributed by atoms with Gasteiger partial charge in [0.15, 0.2) is 0 Å². The molecule has 2 atom stereocenters. The average molecular weight is 297 g/mol. The standard InChI is InChI=1S/C21H31N/c1-4-6-7-8-9-12-18(5-2)21(3)15-14-19-17(16-22)11-10-13-20(19)21/h10-11,13,18H,4-9,12,14-15H2,1-3H3. The van der Waals surface area contributed by atoms with Crippen LogP contribution in [0.25, 0.3) is 0 Å². The fourth-order valence-electron chi connectivity index (χ4n) is 4.41. The Hall–Kier alpha value is -1.29. The molecule has 0 radical (unpaired) electrons. The summed E-state index contributed by atoms with van der Waals surface area (Å²) >= 11 is 0. The molecule has 0 amide bonds. The number of nitrogens with zero attached hydrogens (tertiary/aromatic N) is 1. The fourth-order valence-corrected chi connectivity index (χ4v) is 4.41. The molecule has 0 saturated carbocycles. The average Bonchev–Trinajstić information content (AvgIpc) is 2.89. The van der Waals surface area contributed by atoms with Crippen molar-refractivity contribution in [1.82, 2.24) is 0 Å². The summed E-state index contributed by atoms with van der Waals surface area (Å²) in [6.45, 7) is 7.06. The number of benzene rings is 1. The van der Waals surface area contributed by atoms with Crippen LogP contribution < -0.4 is 0 Å². The first kappa shape index (κ1) is 17.1. The lowest BCUT2D eigenvalue weighted by atomic mass is 9.69. The van der Waals surface area contributed by atoms with Gasteiger partial charge < -0.3 is 0 Å². The van der Waals surface area contributed by atoms with Crippen molar-refractivity contribution in [2.24, 2.45) is 5.92 Å². The number of fused-ring (bicyclic) bond motifs is 1. The lowest BCUT2D eigenvalue weighted by Crippen LogP contribution is -2.29. The lowest BCUT2D eigenvalue weighted by molar-refractivity contribution is 0.257. The van der Waals surface area contributed by atoms with Crippen LogP contribution >= 0.6 is 0 Å². The van der Waals surface area contributed by atoms with Crippen LogP contribution in [0.1, 0.15) is 88.8 Å². The van der Waals surface area contributed by atoms with Crippen molar-refractivity contribution in [2.75, 3.05) is 0 Å². The largest absolute Gasteiger partial charge is 0.192 e. The van der Waals surface area contributed by atoms with Gasteiger partial charge >= 0.3 is 0 Å². The van der Waals surface area contributed by atoms with Crippen molar-refractivity contribution in [3.05, 3.63) is 34.9 Å². The number of nitriles is 1. The molecule has 2 unspecified atom stereocenters. The topological polar surface area (TPSA) is 23.8 Å². The Balaban J connectivity index is 2.09. The van der Waals surface area contributed by atoms with E-state index in [1.807, 2.05) is 6.07 Å². The van der Waals surface area contributed by atoms with Crippen molar-refractivity contribution in [3.63, 3.8) is 0 Å². The molecule has 1 aliphatic rings. The first-order valence-electron chi connectivity index (χ1n) is 9.19. The SMILES string of the molecule is CCCCCCCC(CC)C1(C)CCc2c(C#N)cccc21. The number of unbranched alkanes of at least 4 members (excludes halogenated alkanes) is 4. The molecule has 120 valence electrons. The van der Waals surface area contributed by atoms with Gasteiger partial charge in [-0.15, -0.1) is 0 Å². The second kappa shape index (κ2) is 7.82. The van der Waals surface area contributed by atoms with Crippen LogP contribution in [0.2, 0.25) is 0 Å². The van der Waals surface area contributed by atoms with Crippen molar-refractivity contribution in [2.45, 2.75) is 84.0 Å². The van der Waals surface area contributed by atoms with Crippen LogP contribution in [0.5, 0.6) is 0 Å². The van der Waals surface area contributed by atoms with Crippen LogP contribution in [0.4, 0.5) is 0 Å². The van der Waals surface area contributed by atoms with Gasteiger partial charge in [0, 0.05) is 0 Å². The van der Waals surface area contributed by atoms with Crippen molar-refractivity contribution >= 4 is 0 Å². The molecule has 1 aromatic carbocycles. The van der Waals surface area contributed by atoms with E-state index in [0.29, 0.717) is 0 Å². The molecule has 1 heteroatoms. The highest BCUT2D eigenvalue weighted by atomic mass is 14.4. The Morgan fingerprint density at radius 1 is 1.18 bits per heavy atom. The number of rotatable bonds is 8. The minimum atomic E-state index is 0.279. The maximum Gasteiger partial charge on any atom is 0.0994 e. The van der Waals surface area contributed by atoms with Crippen molar-refractivity contribution < 1.29 is 0 Å². The molecular formula is C21H31N. The van der Waals surface area contributed by atoms with Gasteiger partial charge in [-0.25, -0.2) is 0 Å². The summed E-state index contributed by atoms with van der Waals surface area (Å²) in [5.74, 6) is 0.754. The predicted octanol–water partition coefficient (Wildman–Crippen LogP) is 6.15. The zero-order valence-corrected chi connectivity index (χ0v) is 14.6. The van der Waals surface area contributed by atoms with Crippen LogP contribution in [0.3, 0.4) is 0 Å². The Bertz CT molecular complexity index is 525. The predicted molar refractivity (Wildman–Crippen MR) is 94.0 cm³/mol. The van der Waals surface area contributed by atoms with E-state index in [-0.39, 0.29) is 5.41 Å². The molecule has 2 rings (SSSR count). The molecule has 0 saturated heterocycles. The summed E-state index contributed by atoms with van der Waals surface area (Å²) in [7, 11) is 0. The van der Waals surface area contributed by atoms with Gasteiger partial charge in [-0.1, -0.05) is 71.4 Å². The van der Waals surface area contributed by atoms with Gasteiger partial charge in [0.2, 0.25) is 0 Å². The summed E-state index contributed by atoms with van der Waals surface area (Å²) in [5.41, 5.74) is 3.98. The smallest absolute Gasteiger partial charge is 0.0994 e. The van der Waals surface area contributed by atoms with Gasteiger partial charge in [0.1, 0.15) is 0 Å². The lowest BCUT2D eigenvalue weighted by Gasteiger charge is -2.35. The Kier molecular flexibility index (Phi) is 6.07. The second-order valence-corrected chi connectivity index (χ2v) is 7.17. The first-order valence-corrected chi connectivity index (χ1v) is 9.19. The van der Waals surface area contributed by atoms with Gasteiger partial charge in [0.25, 0.3) is 0 Å². The maximum absolute atomic E-state index is 9.34. The molecule has 0 fully saturated rings. The highest BCUT2D eigenvalue weighted by Crippen LogP contribution is 2.47. The molecule has 1 aromatic rings. The van der Waals surface area contributed by atoms with E-state index in [1.54, 1.807) is 0 Å². The summed E-state index contributed by atoms with van der Waals surface area (Å²) in [4.78, 5) is 0. The van der Waals surface area contributed by atoms with Gasteiger partial charge in [-0.05, 0) is 47.8 Å².